The molecule has 1 aliphatic rings. The number of piperidine rings is 1. The van der Waals surface area contributed by atoms with Crippen LogP contribution in [0.3, 0.4) is 0 Å². The molecule has 21 heavy (non-hydrogen) atoms. The SMILES string of the molecule is CCCCCCCCCCN1CCC(NCCC)CC1C. The third kappa shape index (κ3) is 8.83. The van der Waals surface area contributed by atoms with Crippen LogP contribution in [0, 0.1) is 0 Å². The predicted octanol–water partition coefficient (Wildman–Crippen LogP) is 4.98. The fourth-order valence-corrected chi connectivity index (χ4v) is 3.54. The van der Waals surface area contributed by atoms with Crippen molar-refractivity contribution in [2.24, 2.45) is 0 Å². The van der Waals surface area contributed by atoms with Crippen molar-refractivity contribution in [1.29, 1.82) is 0 Å². The zero-order valence-corrected chi connectivity index (χ0v) is 15.0. The Labute approximate surface area is 134 Å². The van der Waals surface area contributed by atoms with Gasteiger partial charge in [-0.1, -0.05) is 58.8 Å². The van der Waals surface area contributed by atoms with E-state index in [1.165, 1.54) is 90.3 Å². The van der Waals surface area contributed by atoms with Crippen LogP contribution in [0.2, 0.25) is 0 Å². The van der Waals surface area contributed by atoms with Gasteiger partial charge in [0, 0.05) is 12.1 Å². The molecular formula is C19H40N2. The lowest BCUT2D eigenvalue weighted by molar-refractivity contribution is 0.133. The van der Waals surface area contributed by atoms with Crippen LogP contribution in [-0.4, -0.2) is 36.6 Å². The Hall–Kier alpha value is -0.0800. The van der Waals surface area contributed by atoms with E-state index in [4.69, 9.17) is 0 Å². The summed E-state index contributed by atoms with van der Waals surface area (Å²) in [7, 11) is 0. The quantitative estimate of drug-likeness (QED) is 0.511. The second kappa shape index (κ2) is 12.5. The lowest BCUT2D eigenvalue weighted by atomic mass is 9.97. The Kier molecular flexibility index (Phi) is 11.3. The highest BCUT2D eigenvalue weighted by Crippen LogP contribution is 2.18. The fourth-order valence-electron chi connectivity index (χ4n) is 3.54. The Morgan fingerprint density at radius 3 is 2.19 bits per heavy atom. The molecule has 1 rings (SSSR count). The maximum absolute atomic E-state index is 3.70. The molecule has 2 nitrogen and oxygen atoms in total. The van der Waals surface area contributed by atoms with Gasteiger partial charge in [-0.05, 0) is 52.2 Å². The first-order valence-corrected chi connectivity index (χ1v) is 9.75. The molecule has 0 amide bonds. The van der Waals surface area contributed by atoms with Crippen molar-refractivity contribution in [3.63, 3.8) is 0 Å². The maximum atomic E-state index is 3.70. The van der Waals surface area contributed by atoms with E-state index in [2.05, 4.69) is 31.0 Å². The van der Waals surface area contributed by atoms with Crippen LogP contribution in [0.5, 0.6) is 0 Å². The average molecular weight is 297 g/mol. The average Bonchev–Trinajstić information content (AvgIpc) is 2.49. The van der Waals surface area contributed by atoms with Crippen molar-refractivity contribution in [1.82, 2.24) is 10.2 Å². The van der Waals surface area contributed by atoms with Crippen LogP contribution in [-0.2, 0) is 0 Å². The van der Waals surface area contributed by atoms with Crippen LogP contribution >= 0.6 is 0 Å². The van der Waals surface area contributed by atoms with Crippen molar-refractivity contribution in [2.75, 3.05) is 19.6 Å². The molecule has 0 aliphatic carbocycles. The second-order valence-electron chi connectivity index (χ2n) is 7.04. The first-order valence-electron chi connectivity index (χ1n) is 9.75. The normalized spacial score (nSPS) is 23.6. The minimum atomic E-state index is 0.773. The molecule has 0 bridgehead atoms. The molecule has 2 heteroatoms. The van der Waals surface area contributed by atoms with Crippen LogP contribution in [0.1, 0.15) is 91.4 Å². The number of unbranched alkanes of at least 4 members (excludes halogenated alkanes) is 7. The summed E-state index contributed by atoms with van der Waals surface area (Å²) in [5.41, 5.74) is 0. The summed E-state index contributed by atoms with van der Waals surface area (Å²) < 4.78 is 0. The standard InChI is InChI=1S/C19H40N2/c1-4-6-7-8-9-10-11-12-15-21-16-13-19(17-18(21)3)20-14-5-2/h18-20H,4-17H2,1-3H3. The van der Waals surface area contributed by atoms with Gasteiger partial charge in [-0.25, -0.2) is 0 Å². The first-order chi connectivity index (χ1) is 10.3. The van der Waals surface area contributed by atoms with Crippen LogP contribution in [0.25, 0.3) is 0 Å². The summed E-state index contributed by atoms with van der Waals surface area (Å²) in [5, 5.41) is 3.70. The summed E-state index contributed by atoms with van der Waals surface area (Å²) in [6.07, 6.45) is 15.4. The van der Waals surface area contributed by atoms with E-state index in [1.54, 1.807) is 0 Å². The summed E-state index contributed by atoms with van der Waals surface area (Å²) in [5.74, 6) is 0. The molecule has 0 spiro atoms. The number of rotatable bonds is 12. The van der Waals surface area contributed by atoms with Crippen molar-refractivity contribution >= 4 is 0 Å². The minimum absolute atomic E-state index is 0.773. The minimum Gasteiger partial charge on any atom is -0.314 e. The van der Waals surface area contributed by atoms with Gasteiger partial charge < -0.3 is 10.2 Å². The molecule has 0 aromatic carbocycles. The number of hydrogen-bond acceptors (Lipinski definition) is 2. The summed E-state index contributed by atoms with van der Waals surface area (Å²) in [4.78, 5) is 2.72. The summed E-state index contributed by atoms with van der Waals surface area (Å²) >= 11 is 0. The molecule has 1 aliphatic heterocycles. The molecule has 0 saturated carbocycles. The van der Waals surface area contributed by atoms with Gasteiger partial charge in [-0.3, -0.25) is 0 Å². The van der Waals surface area contributed by atoms with Crippen molar-refractivity contribution < 1.29 is 0 Å². The largest absolute Gasteiger partial charge is 0.314 e. The Bertz CT molecular complexity index is 230. The van der Waals surface area contributed by atoms with Gasteiger partial charge in [0.2, 0.25) is 0 Å². The van der Waals surface area contributed by atoms with E-state index in [0.29, 0.717) is 0 Å². The maximum Gasteiger partial charge on any atom is 0.00940 e. The van der Waals surface area contributed by atoms with Gasteiger partial charge in [0.25, 0.3) is 0 Å². The third-order valence-corrected chi connectivity index (χ3v) is 5.00. The van der Waals surface area contributed by atoms with Gasteiger partial charge in [-0.2, -0.15) is 0 Å². The zero-order valence-electron chi connectivity index (χ0n) is 15.0. The number of nitrogens with zero attached hydrogens (tertiary/aromatic N) is 1. The van der Waals surface area contributed by atoms with Crippen molar-refractivity contribution in [2.45, 2.75) is 103 Å². The molecule has 0 radical (unpaired) electrons. The lowest BCUT2D eigenvalue weighted by Crippen LogP contribution is -2.47. The molecule has 1 saturated heterocycles. The number of nitrogens with one attached hydrogen (secondary N) is 1. The Balaban J connectivity index is 1.98. The van der Waals surface area contributed by atoms with Crippen LogP contribution in [0.4, 0.5) is 0 Å². The highest BCUT2D eigenvalue weighted by Gasteiger charge is 2.24. The molecule has 2 unspecified atom stereocenters. The molecule has 0 aromatic heterocycles. The van der Waals surface area contributed by atoms with Crippen LogP contribution < -0.4 is 5.32 Å². The highest BCUT2D eigenvalue weighted by atomic mass is 15.2. The van der Waals surface area contributed by atoms with Crippen LogP contribution in [0.15, 0.2) is 0 Å². The topological polar surface area (TPSA) is 15.3 Å². The van der Waals surface area contributed by atoms with E-state index >= 15 is 0 Å². The number of likely N-dealkylation sites (tertiary alicyclic amines) is 1. The highest BCUT2D eigenvalue weighted by molar-refractivity contribution is 4.82. The molecule has 1 N–H and O–H groups in total. The van der Waals surface area contributed by atoms with Crippen molar-refractivity contribution in [3.8, 4) is 0 Å². The molecule has 1 heterocycles. The first kappa shape index (κ1) is 19.0. The van der Waals surface area contributed by atoms with E-state index in [0.717, 1.165) is 12.1 Å². The van der Waals surface area contributed by atoms with Gasteiger partial charge in [0.15, 0.2) is 0 Å². The second-order valence-corrected chi connectivity index (χ2v) is 7.04. The molecule has 2 atom stereocenters. The molecule has 1 fully saturated rings. The predicted molar refractivity (Wildman–Crippen MR) is 95.0 cm³/mol. The van der Waals surface area contributed by atoms with Gasteiger partial charge in [0.1, 0.15) is 0 Å². The molecule has 0 aromatic rings. The smallest absolute Gasteiger partial charge is 0.00940 e. The third-order valence-electron chi connectivity index (χ3n) is 5.00. The van der Waals surface area contributed by atoms with E-state index < -0.39 is 0 Å². The van der Waals surface area contributed by atoms with E-state index in [-0.39, 0.29) is 0 Å². The summed E-state index contributed by atoms with van der Waals surface area (Å²) in [6.45, 7) is 10.8. The Morgan fingerprint density at radius 2 is 1.57 bits per heavy atom. The monoisotopic (exact) mass is 296 g/mol. The Morgan fingerprint density at radius 1 is 0.905 bits per heavy atom. The number of hydrogen-bond donors (Lipinski definition) is 1. The lowest BCUT2D eigenvalue weighted by Gasteiger charge is -2.38. The molecule has 126 valence electrons. The van der Waals surface area contributed by atoms with E-state index in [1.807, 2.05) is 0 Å². The zero-order chi connectivity index (χ0) is 15.3. The summed E-state index contributed by atoms with van der Waals surface area (Å²) in [6, 6.07) is 1.55. The van der Waals surface area contributed by atoms with Gasteiger partial charge in [0.05, 0.1) is 0 Å². The van der Waals surface area contributed by atoms with Gasteiger partial charge in [-0.15, -0.1) is 0 Å². The van der Waals surface area contributed by atoms with Gasteiger partial charge >= 0.3 is 0 Å². The van der Waals surface area contributed by atoms with Crippen molar-refractivity contribution in [3.05, 3.63) is 0 Å². The fraction of sp³-hybridized carbons (Fsp3) is 1.00. The van der Waals surface area contributed by atoms with E-state index in [9.17, 15) is 0 Å². The molecular weight excluding hydrogens is 256 g/mol.